The number of nitrogen functional groups attached to an aromatic ring is 1. The second-order valence-corrected chi connectivity index (χ2v) is 5.37. The van der Waals surface area contributed by atoms with E-state index in [-0.39, 0.29) is 12.0 Å². The van der Waals surface area contributed by atoms with Crippen molar-refractivity contribution in [3.8, 4) is 0 Å². The van der Waals surface area contributed by atoms with Crippen molar-refractivity contribution in [2.24, 2.45) is 5.73 Å². The summed E-state index contributed by atoms with van der Waals surface area (Å²) < 4.78 is 0. The number of anilines is 3. The highest BCUT2D eigenvalue weighted by molar-refractivity contribution is 5.94. The Labute approximate surface area is 135 Å². The molecule has 1 heterocycles. The molecule has 1 aromatic carbocycles. The fourth-order valence-electron chi connectivity index (χ4n) is 2.40. The van der Waals surface area contributed by atoms with Gasteiger partial charge in [0.1, 0.15) is 5.82 Å². The quantitative estimate of drug-likeness (QED) is 0.884. The first-order valence-corrected chi connectivity index (χ1v) is 7.38. The molecule has 0 aliphatic carbocycles. The number of benzene rings is 1. The van der Waals surface area contributed by atoms with E-state index in [4.69, 9.17) is 11.5 Å². The average Bonchev–Trinajstić information content (AvgIpc) is 2.48. The number of rotatable bonds is 5. The summed E-state index contributed by atoms with van der Waals surface area (Å²) in [4.78, 5) is 21.7. The summed E-state index contributed by atoms with van der Waals surface area (Å²) in [5.74, 6) is 0.462. The maximum Gasteiger partial charge on any atom is 0.248 e. The molecule has 0 unspecified atom stereocenters. The Morgan fingerprint density at radius 1 is 1.30 bits per heavy atom. The second kappa shape index (κ2) is 6.91. The highest BCUT2D eigenvalue weighted by atomic mass is 16.1. The van der Waals surface area contributed by atoms with Crippen LogP contribution in [-0.4, -0.2) is 21.9 Å². The van der Waals surface area contributed by atoms with Gasteiger partial charge in [-0.1, -0.05) is 12.2 Å². The number of aromatic nitrogens is 2. The molecule has 120 valence electrons. The number of amides is 1. The van der Waals surface area contributed by atoms with Crippen LogP contribution in [0.3, 0.4) is 0 Å². The van der Waals surface area contributed by atoms with Gasteiger partial charge in [-0.05, 0) is 50.6 Å². The number of carbonyl (C=O) groups is 1. The van der Waals surface area contributed by atoms with Gasteiger partial charge in [0.05, 0.1) is 0 Å². The van der Waals surface area contributed by atoms with E-state index in [1.807, 2.05) is 30.0 Å². The molecule has 6 heteroatoms. The summed E-state index contributed by atoms with van der Waals surface area (Å²) in [5.41, 5.74) is 13.4. The summed E-state index contributed by atoms with van der Waals surface area (Å²) in [5, 5.41) is 0. The predicted octanol–water partition coefficient (Wildman–Crippen LogP) is 2.74. The fraction of sp³-hybridized carbons (Fsp3) is 0.235. The molecule has 2 aromatic rings. The maximum absolute atomic E-state index is 11.4. The van der Waals surface area contributed by atoms with E-state index >= 15 is 0 Å². The number of carbonyl (C=O) groups excluding carboxylic acids is 1. The Bertz CT molecular complexity index is 740. The van der Waals surface area contributed by atoms with Crippen LogP contribution < -0.4 is 16.4 Å². The van der Waals surface area contributed by atoms with Crippen LogP contribution in [0.2, 0.25) is 0 Å². The van der Waals surface area contributed by atoms with Crippen molar-refractivity contribution in [2.75, 3.05) is 10.6 Å². The zero-order valence-electron chi connectivity index (χ0n) is 13.5. The van der Waals surface area contributed by atoms with Gasteiger partial charge in [-0.3, -0.25) is 4.79 Å². The number of nitrogens with two attached hydrogens (primary N) is 2. The molecule has 0 aliphatic rings. The summed E-state index contributed by atoms with van der Waals surface area (Å²) in [7, 11) is 0. The summed E-state index contributed by atoms with van der Waals surface area (Å²) >= 11 is 0. The molecule has 6 nitrogen and oxygen atoms in total. The van der Waals surface area contributed by atoms with Gasteiger partial charge in [0.25, 0.3) is 0 Å². The fourth-order valence-corrected chi connectivity index (χ4v) is 2.40. The SMILES string of the molecule is CC=Cc1cc(C(N)=O)ccc1N(c1ccnc(N)n1)C(C)C. The van der Waals surface area contributed by atoms with Gasteiger partial charge in [0, 0.05) is 23.5 Å². The molecule has 23 heavy (non-hydrogen) atoms. The highest BCUT2D eigenvalue weighted by Crippen LogP contribution is 2.31. The third kappa shape index (κ3) is 3.66. The van der Waals surface area contributed by atoms with Crippen molar-refractivity contribution in [3.63, 3.8) is 0 Å². The van der Waals surface area contributed by atoms with Crippen LogP contribution in [0.4, 0.5) is 17.5 Å². The molecular weight excluding hydrogens is 290 g/mol. The van der Waals surface area contributed by atoms with E-state index < -0.39 is 5.91 Å². The van der Waals surface area contributed by atoms with Crippen molar-refractivity contribution in [1.82, 2.24) is 9.97 Å². The minimum atomic E-state index is -0.454. The van der Waals surface area contributed by atoms with Crippen molar-refractivity contribution in [1.29, 1.82) is 0 Å². The zero-order chi connectivity index (χ0) is 17.0. The van der Waals surface area contributed by atoms with Crippen LogP contribution in [0.1, 0.15) is 36.7 Å². The minimum absolute atomic E-state index is 0.132. The Morgan fingerprint density at radius 3 is 2.61 bits per heavy atom. The van der Waals surface area contributed by atoms with Crippen LogP contribution in [0.5, 0.6) is 0 Å². The van der Waals surface area contributed by atoms with Gasteiger partial charge in [-0.25, -0.2) is 4.98 Å². The van der Waals surface area contributed by atoms with Gasteiger partial charge in [-0.2, -0.15) is 4.98 Å². The number of hydrogen-bond acceptors (Lipinski definition) is 5. The van der Waals surface area contributed by atoms with Crippen LogP contribution in [0, 0.1) is 0 Å². The lowest BCUT2D eigenvalue weighted by atomic mass is 10.1. The Hall–Kier alpha value is -2.89. The normalized spacial score (nSPS) is 11.1. The van der Waals surface area contributed by atoms with Gasteiger partial charge in [-0.15, -0.1) is 0 Å². The number of allylic oxidation sites excluding steroid dienone is 1. The molecule has 0 atom stereocenters. The Morgan fingerprint density at radius 2 is 2.04 bits per heavy atom. The molecule has 1 aromatic heterocycles. The Balaban J connectivity index is 2.61. The lowest BCUT2D eigenvalue weighted by Gasteiger charge is -2.29. The number of hydrogen-bond donors (Lipinski definition) is 2. The third-order valence-corrected chi connectivity index (χ3v) is 3.34. The first kappa shape index (κ1) is 16.5. The van der Waals surface area contributed by atoms with Gasteiger partial charge >= 0.3 is 0 Å². The molecule has 4 N–H and O–H groups in total. The summed E-state index contributed by atoms with van der Waals surface area (Å²) in [6.07, 6.45) is 5.47. The van der Waals surface area contributed by atoms with Crippen LogP contribution in [-0.2, 0) is 0 Å². The monoisotopic (exact) mass is 311 g/mol. The standard InChI is InChI=1S/C17H21N5O/c1-4-5-12-10-13(16(18)23)6-7-14(12)22(11(2)3)15-8-9-20-17(19)21-15/h4-11H,1-3H3,(H2,18,23)(H2,19,20,21). The van der Waals surface area contributed by atoms with Crippen LogP contribution in [0.25, 0.3) is 6.08 Å². The topological polar surface area (TPSA) is 98.1 Å². The maximum atomic E-state index is 11.4. The molecule has 2 rings (SSSR count). The van der Waals surface area contributed by atoms with Crippen molar-refractivity contribution in [3.05, 3.63) is 47.7 Å². The number of nitrogens with zero attached hydrogens (tertiary/aromatic N) is 3. The van der Waals surface area contributed by atoms with Crippen molar-refractivity contribution in [2.45, 2.75) is 26.8 Å². The minimum Gasteiger partial charge on any atom is -0.368 e. The smallest absolute Gasteiger partial charge is 0.248 e. The summed E-state index contributed by atoms with van der Waals surface area (Å²) in [6, 6.07) is 7.29. The van der Waals surface area contributed by atoms with E-state index in [0.717, 1.165) is 11.3 Å². The first-order valence-electron chi connectivity index (χ1n) is 7.38. The van der Waals surface area contributed by atoms with Crippen molar-refractivity contribution >= 4 is 29.4 Å². The molecule has 1 amide bonds. The second-order valence-electron chi connectivity index (χ2n) is 5.37. The molecule has 0 radical (unpaired) electrons. The largest absolute Gasteiger partial charge is 0.368 e. The molecule has 0 saturated carbocycles. The molecule has 0 aliphatic heterocycles. The number of primary amides is 1. The van der Waals surface area contributed by atoms with Crippen molar-refractivity contribution < 1.29 is 4.79 Å². The van der Waals surface area contributed by atoms with E-state index in [9.17, 15) is 4.79 Å². The van der Waals surface area contributed by atoms with E-state index in [2.05, 4.69) is 23.8 Å². The van der Waals surface area contributed by atoms with Gasteiger partial charge in [0.15, 0.2) is 0 Å². The Kier molecular flexibility index (Phi) is 4.95. The molecule has 0 bridgehead atoms. The van der Waals surface area contributed by atoms with E-state index in [1.165, 1.54) is 0 Å². The highest BCUT2D eigenvalue weighted by Gasteiger charge is 2.18. The van der Waals surface area contributed by atoms with E-state index in [0.29, 0.717) is 11.4 Å². The van der Waals surface area contributed by atoms with Crippen LogP contribution in [0.15, 0.2) is 36.5 Å². The average molecular weight is 311 g/mol. The lowest BCUT2D eigenvalue weighted by molar-refractivity contribution is 0.100. The van der Waals surface area contributed by atoms with Gasteiger partial charge < -0.3 is 16.4 Å². The molecule has 0 spiro atoms. The third-order valence-electron chi connectivity index (χ3n) is 3.34. The first-order chi connectivity index (χ1) is 10.9. The predicted molar refractivity (Wildman–Crippen MR) is 93.4 cm³/mol. The van der Waals surface area contributed by atoms with E-state index in [1.54, 1.807) is 24.4 Å². The van der Waals surface area contributed by atoms with Gasteiger partial charge in [0.2, 0.25) is 11.9 Å². The molecule has 0 saturated heterocycles. The lowest BCUT2D eigenvalue weighted by Crippen LogP contribution is -2.27. The summed E-state index contributed by atoms with van der Waals surface area (Å²) in [6.45, 7) is 6.03. The van der Waals surface area contributed by atoms with Crippen LogP contribution >= 0.6 is 0 Å². The zero-order valence-corrected chi connectivity index (χ0v) is 13.5. The molecule has 0 fully saturated rings. The molecular formula is C17H21N5O.